The number of hydrogen-bond donors (Lipinski definition) is 1. The van der Waals surface area contributed by atoms with Gasteiger partial charge in [-0.15, -0.1) is 0 Å². The molecule has 1 aliphatic heterocycles. The Labute approximate surface area is 147 Å². The summed E-state index contributed by atoms with van der Waals surface area (Å²) in [5, 5.41) is 10.4. The number of hydrogen-bond acceptors (Lipinski definition) is 4. The number of carbonyl (C=O) groups is 1. The quantitative estimate of drug-likeness (QED) is 0.933. The molecule has 0 saturated heterocycles. The van der Waals surface area contributed by atoms with Crippen LogP contribution in [0.5, 0.6) is 0 Å². The van der Waals surface area contributed by atoms with Crippen molar-refractivity contribution >= 4 is 5.91 Å². The molecule has 1 aromatic carbocycles. The normalized spacial score (nSPS) is 15.7. The minimum absolute atomic E-state index is 0.125. The first-order chi connectivity index (χ1) is 12.3. The van der Waals surface area contributed by atoms with Crippen molar-refractivity contribution in [3.05, 3.63) is 82.8 Å². The highest BCUT2D eigenvalue weighted by molar-refractivity contribution is 5.93. The van der Waals surface area contributed by atoms with Gasteiger partial charge in [-0.25, -0.2) is 0 Å². The largest absolute Gasteiger partial charge is 0.371 e. The molecule has 0 atom stereocenters. The predicted octanol–water partition coefficient (Wildman–Crippen LogP) is 2.26. The minimum atomic E-state index is -0.125. The van der Waals surface area contributed by atoms with E-state index in [4.69, 9.17) is 0 Å². The standard InChI is InChI=1S/C20H20N4O/c25-20(18-6-9-22-23-14-18)21-13-15-4-5-16-7-10-24(19-2-1-3-19)11-8-17(16)12-15/h1-6,9,12,14H,7-8,10-11,13H2,(H,21,25). The molecule has 5 nitrogen and oxygen atoms in total. The molecule has 2 heterocycles. The van der Waals surface area contributed by atoms with E-state index >= 15 is 0 Å². The number of fused-ring (bicyclic) bond motifs is 1. The number of benzene rings is 1. The molecular weight excluding hydrogens is 312 g/mol. The third-order valence-corrected chi connectivity index (χ3v) is 4.77. The first-order valence-electron chi connectivity index (χ1n) is 8.58. The van der Waals surface area contributed by atoms with E-state index in [2.05, 4.69) is 56.8 Å². The summed E-state index contributed by atoms with van der Waals surface area (Å²) in [4.78, 5) is 14.6. The summed E-state index contributed by atoms with van der Waals surface area (Å²) in [7, 11) is 0. The van der Waals surface area contributed by atoms with Crippen molar-refractivity contribution in [2.75, 3.05) is 13.1 Å². The van der Waals surface area contributed by atoms with Gasteiger partial charge in [0.15, 0.2) is 0 Å². The predicted molar refractivity (Wildman–Crippen MR) is 95.8 cm³/mol. The van der Waals surface area contributed by atoms with Crippen LogP contribution in [0.3, 0.4) is 0 Å². The number of aromatic nitrogens is 2. The minimum Gasteiger partial charge on any atom is -0.371 e. The van der Waals surface area contributed by atoms with Gasteiger partial charge in [0, 0.05) is 25.3 Å². The van der Waals surface area contributed by atoms with Gasteiger partial charge in [0.1, 0.15) is 0 Å². The molecule has 2 aliphatic rings. The topological polar surface area (TPSA) is 58.1 Å². The molecule has 1 aliphatic carbocycles. The highest BCUT2D eigenvalue weighted by Gasteiger charge is 2.16. The van der Waals surface area contributed by atoms with Gasteiger partial charge in [-0.05, 0) is 47.8 Å². The summed E-state index contributed by atoms with van der Waals surface area (Å²) < 4.78 is 0. The molecule has 1 aromatic heterocycles. The van der Waals surface area contributed by atoms with Gasteiger partial charge in [0.05, 0.1) is 18.0 Å². The highest BCUT2D eigenvalue weighted by Crippen LogP contribution is 2.22. The third-order valence-electron chi connectivity index (χ3n) is 4.77. The fourth-order valence-electron chi connectivity index (χ4n) is 3.25. The van der Waals surface area contributed by atoms with Crippen LogP contribution in [0.15, 0.2) is 60.6 Å². The van der Waals surface area contributed by atoms with Crippen LogP contribution in [-0.4, -0.2) is 34.1 Å². The molecule has 25 heavy (non-hydrogen) atoms. The van der Waals surface area contributed by atoms with Crippen LogP contribution in [0.25, 0.3) is 0 Å². The smallest absolute Gasteiger partial charge is 0.253 e. The summed E-state index contributed by atoms with van der Waals surface area (Å²) >= 11 is 0. The van der Waals surface area contributed by atoms with Crippen LogP contribution in [0, 0.1) is 0 Å². The molecule has 0 saturated carbocycles. The maximum absolute atomic E-state index is 12.1. The Morgan fingerprint density at radius 1 is 1.12 bits per heavy atom. The molecule has 4 rings (SSSR count). The first-order valence-corrected chi connectivity index (χ1v) is 8.58. The van der Waals surface area contributed by atoms with Crippen LogP contribution in [0.1, 0.15) is 27.0 Å². The number of amides is 1. The molecule has 5 heteroatoms. The van der Waals surface area contributed by atoms with Crippen molar-refractivity contribution in [3.8, 4) is 0 Å². The van der Waals surface area contributed by atoms with Gasteiger partial charge in [-0.3, -0.25) is 4.79 Å². The second-order valence-corrected chi connectivity index (χ2v) is 6.35. The fraction of sp³-hybridized carbons (Fsp3) is 0.250. The van der Waals surface area contributed by atoms with Crippen molar-refractivity contribution in [2.45, 2.75) is 19.4 Å². The van der Waals surface area contributed by atoms with E-state index in [1.54, 1.807) is 6.07 Å². The summed E-state index contributed by atoms with van der Waals surface area (Å²) in [6.07, 6.45) is 11.5. The van der Waals surface area contributed by atoms with Crippen molar-refractivity contribution in [3.63, 3.8) is 0 Å². The molecule has 0 radical (unpaired) electrons. The van der Waals surface area contributed by atoms with Crippen LogP contribution in [0.2, 0.25) is 0 Å². The summed E-state index contributed by atoms with van der Waals surface area (Å²) in [6, 6.07) is 8.22. The van der Waals surface area contributed by atoms with Crippen LogP contribution >= 0.6 is 0 Å². The Bertz CT molecular complexity index is 842. The summed E-state index contributed by atoms with van der Waals surface area (Å²) in [5.74, 6) is -0.125. The van der Waals surface area contributed by atoms with E-state index in [0.717, 1.165) is 31.5 Å². The zero-order valence-electron chi connectivity index (χ0n) is 14.0. The maximum Gasteiger partial charge on any atom is 0.253 e. The molecule has 2 aromatic rings. The molecule has 1 N–H and O–H groups in total. The van der Waals surface area contributed by atoms with E-state index in [1.165, 1.54) is 29.2 Å². The van der Waals surface area contributed by atoms with Crippen molar-refractivity contribution in [2.24, 2.45) is 0 Å². The van der Waals surface area contributed by atoms with E-state index < -0.39 is 0 Å². The highest BCUT2D eigenvalue weighted by atomic mass is 16.1. The Kier molecular flexibility index (Phi) is 4.29. The van der Waals surface area contributed by atoms with E-state index in [1.807, 2.05) is 0 Å². The molecular formula is C20H20N4O. The lowest BCUT2D eigenvalue weighted by atomic mass is 10.00. The van der Waals surface area contributed by atoms with Gasteiger partial charge < -0.3 is 10.2 Å². The van der Waals surface area contributed by atoms with E-state index in [9.17, 15) is 4.79 Å². The SMILES string of the molecule is O=C(NCc1ccc2c(c1)CCN(C1=CC=C1)CC2)c1ccnnc1. The lowest BCUT2D eigenvalue weighted by Crippen LogP contribution is -2.26. The summed E-state index contributed by atoms with van der Waals surface area (Å²) in [6.45, 7) is 2.63. The average Bonchev–Trinajstić information content (AvgIpc) is 2.81. The van der Waals surface area contributed by atoms with Crippen LogP contribution < -0.4 is 5.32 Å². The van der Waals surface area contributed by atoms with Crippen LogP contribution in [-0.2, 0) is 19.4 Å². The molecule has 0 unspecified atom stereocenters. The van der Waals surface area contributed by atoms with E-state index in [0.29, 0.717) is 12.1 Å². The van der Waals surface area contributed by atoms with Gasteiger partial charge in [-0.2, -0.15) is 10.2 Å². The first kappa shape index (κ1) is 15.6. The summed E-state index contributed by atoms with van der Waals surface area (Å²) in [5.41, 5.74) is 5.81. The molecule has 1 amide bonds. The molecule has 126 valence electrons. The number of carbonyl (C=O) groups excluding carboxylic acids is 1. The Balaban J connectivity index is 1.40. The van der Waals surface area contributed by atoms with Crippen LogP contribution in [0.4, 0.5) is 0 Å². The van der Waals surface area contributed by atoms with E-state index in [-0.39, 0.29) is 5.91 Å². The zero-order chi connectivity index (χ0) is 17.1. The molecule has 0 bridgehead atoms. The number of allylic oxidation sites excluding steroid dienone is 3. The van der Waals surface area contributed by atoms with Gasteiger partial charge in [0.25, 0.3) is 5.91 Å². The number of nitrogens with zero attached hydrogens (tertiary/aromatic N) is 3. The molecule has 0 spiro atoms. The number of nitrogens with one attached hydrogen (secondary N) is 1. The lowest BCUT2D eigenvalue weighted by Gasteiger charge is -2.26. The zero-order valence-corrected chi connectivity index (χ0v) is 14.0. The number of rotatable bonds is 4. The third kappa shape index (κ3) is 3.45. The Morgan fingerprint density at radius 2 is 1.96 bits per heavy atom. The Morgan fingerprint density at radius 3 is 2.68 bits per heavy atom. The van der Waals surface area contributed by atoms with Gasteiger partial charge in [-0.1, -0.05) is 24.3 Å². The van der Waals surface area contributed by atoms with Crippen molar-refractivity contribution in [1.29, 1.82) is 0 Å². The van der Waals surface area contributed by atoms with Crippen molar-refractivity contribution in [1.82, 2.24) is 20.4 Å². The monoisotopic (exact) mass is 332 g/mol. The fourth-order valence-corrected chi connectivity index (χ4v) is 3.25. The average molecular weight is 332 g/mol. The molecule has 0 fully saturated rings. The van der Waals surface area contributed by atoms with Gasteiger partial charge >= 0.3 is 0 Å². The second-order valence-electron chi connectivity index (χ2n) is 6.35. The Hall–Kier alpha value is -2.95. The van der Waals surface area contributed by atoms with Gasteiger partial charge in [0.2, 0.25) is 0 Å². The lowest BCUT2D eigenvalue weighted by molar-refractivity contribution is 0.0950. The maximum atomic E-state index is 12.1. The van der Waals surface area contributed by atoms with Crippen molar-refractivity contribution < 1.29 is 4.79 Å². The second kappa shape index (κ2) is 6.89.